The van der Waals surface area contributed by atoms with E-state index in [9.17, 15) is 0 Å². The van der Waals surface area contributed by atoms with E-state index in [1.165, 1.54) is 25.7 Å². The number of nitrogens with one attached hydrogen (secondary N) is 1. The van der Waals surface area contributed by atoms with Crippen LogP contribution in [0.2, 0.25) is 0 Å². The molecule has 3 heteroatoms. The van der Waals surface area contributed by atoms with Crippen LogP contribution >= 0.6 is 0 Å². The Balaban J connectivity index is 2.14. The van der Waals surface area contributed by atoms with Gasteiger partial charge in [-0.3, -0.25) is 0 Å². The Kier molecular flexibility index (Phi) is 3.27. The Labute approximate surface area is 104 Å². The molecule has 1 atom stereocenters. The fourth-order valence-corrected chi connectivity index (χ4v) is 2.67. The molecule has 1 heterocycles. The minimum absolute atomic E-state index is 0.355. The number of hydrogen-bond donors (Lipinski definition) is 2. The van der Waals surface area contributed by atoms with Gasteiger partial charge in [0.1, 0.15) is 5.82 Å². The monoisotopic (exact) mass is 233 g/mol. The van der Waals surface area contributed by atoms with Gasteiger partial charge in [-0.1, -0.05) is 26.7 Å². The predicted molar refractivity (Wildman–Crippen MR) is 73.0 cm³/mol. The van der Waals surface area contributed by atoms with Crippen molar-refractivity contribution in [1.29, 1.82) is 0 Å². The summed E-state index contributed by atoms with van der Waals surface area (Å²) in [4.78, 5) is 4.40. The summed E-state index contributed by atoms with van der Waals surface area (Å²) in [5.74, 6) is 0.985. The molecule has 0 aliphatic heterocycles. The van der Waals surface area contributed by atoms with E-state index in [4.69, 9.17) is 5.73 Å². The maximum absolute atomic E-state index is 5.72. The number of hydrogen-bond acceptors (Lipinski definition) is 3. The van der Waals surface area contributed by atoms with Gasteiger partial charge in [0.2, 0.25) is 0 Å². The van der Waals surface area contributed by atoms with Crippen molar-refractivity contribution in [3.8, 4) is 0 Å². The van der Waals surface area contributed by atoms with Gasteiger partial charge in [-0.15, -0.1) is 0 Å². The highest BCUT2D eigenvalue weighted by Gasteiger charge is 2.32. The van der Waals surface area contributed by atoms with Gasteiger partial charge in [0.05, 0.1) is 11.9 Å². The van der Waals surface area contributed by atoms with E-state index in [-0.39, 0.29) is 0 Å². The Morgan fingerprint density at radius 3 is 2.82 bits per heavy atom. The second-order valence-corrected chi connectivity index (χ2v) is 5.87. The lowest BCUT2D eigenvalue weighted by molar-refractivity contribution is 0.216. The predicted octanol–water partition coefficient (Wildman–Crippen LogP) is 3.35. The number of nitrogen functional groups attached to an aromatic ring is 1. The number of anilines is 2. The highest BCUT2D eigenvalue weighted by molar-refractivity contribution is 5.51. The third-order valence-corrected chi connectivity index (χ3v) is 3.92. The van der Waals surface area contributed by atoms with Crippen LogP contribution < -0.4 is 11.1 Å². The van der Waals surface area contributed by atoms with Gasteiger partial charge >= 0.3 is 0 Å². The van der Waals surface area contributed by atoms with E-state index in [0.29, 0.717) is 11.5 Å². The zero-order valence-electron chi connectivity index (χ0n) is 11.1. The molecule has 3 nitrogen and oxygen atoms in total. The van der Waals surface area contributed by atoms with Gasteiger partial charge in [0.15, 0.2) is 0 Å². The Morgan fingerprint density at radius 2 is 2.18 bits per heavy atom. The molecule has 1 fully saturated rings. The summed E-state index contributed by atoms with van der Waals surface area (Å²) in [7, 11) is 0. The molecule has 1 aromatic rings. The third-order valence-electron chi connectivity index (χ3n) is 3.92. The van der Waals surface area contributed by atoms with Crippen molar-refractivity contribution < 1.29 is 0 Å². The third kappa shape index (κ3) is 2.71. The van der Waals surface area contributed by atoms with Gasteiger partial charge in [-0.05, 0) is 36.8 Å². The van der Waals surface area contributed by atoms with Crippen LogP contribution in [0.15, 0.2) is 12.3 Å². The van der Waals surface area contributed by atoms with E-state index in [1.807, 2.05) is 6.07 Å². The molecular formula is C14H23N3. The summed E-state index contributed by atoms with van der Waals surface area (Å²) in [5.41, 5.74) is 7.94. The van der Waals surface area contributed by atoms with Crippen molar-refractivity contribution >= 4 is 11.5 Å². The van der Waals surface area contributed by atoms with Crippen LogP contribution in [0.5, 0.6) is 0 Å². The van der Waals surface area contributed by atoms with Crippen molar-refractivity contribution in [1.82, 2.24) is 4.98 Å². The minimum atomic E-state index is 0.355. The molecule has 0 bridgehead atoms. The first kappa shape index (κ1) is 12.2. The first-order valence-corrected chi connectivity index (χ1v) is 6.48. The fourth-order valence-electron chi connectivity index (χ4n) is 2.67. The lowest BCUT2D eigenvalue weighted by Crippen LogP contribution is -2.39. The number of aryl methyl sites for hydroxylation is 1. The van der Waals surface area contributed by atoms with Crippen molar-refractivity contribution in [3.63, 3.8) is 0 Å². The smallest absolute Gasteiger partial charge is 0.129 e. The van der Waals surface area contributed by atoms with E-state index in [0.717, 1.165) is 17.1 Å². The number of nitrogens with two attached hydrogens (primary N) is 1. The minimum Gasteiger partial charge on any atom is -0.397 e. The summed E-state index contributed by atoms with van der Waals surface area (Å²) >= 11 is 0. The summed E-state index contributed by atoms with van der Waals surface area (Å²) < 4.78 is 0. The number of nitrogens with zero attached hydrogens (tertiary/aromatic N) is 1. The van der Waals surface area contributed by atoms with Crippen LogP contribution in [0.1, 0.15) is 45.1 Å². The molecule has 1 unspecified atom stereocenters. The average molecular weight is 233 g/mol. The van der Waals surface area contributed by atoms with Crippen LogP contribution in [0, 0.1) is 12.3 Å². The van der Waals surface area contributed by atoms with Crippen LogP contribution in [0.25, 0.3) is 0 Å². The quantitative estimate of drug-likeness (QED) is 0.823. The first-order chi connectivity index (χ1) is 7.99. The zero-order chi connectivity index (χ0) is 12.5. The van der Waals surface area contributed by atoms with E-state index in [2.05, 4.69) is 31.1 Å². The normalized spacial score (nSPS) is 23.4. The van der Waals surface area contributed by atoms with Crippen molar-refractivity contribution in [2.24, 2.45) is 5.41 Å². The SMILES string of the molecule is Cc1cc(N)cnc1NC1CCCCC1(C)C. The molecule has 3 N–H and O–H groups in total. The van der Waals surface area contributed by atoms with Crippen molar-refractivity contribution in [2.75, 3.05) is 11.1 Å². The van der Waals surface area contributed by atoms with Gasteiger partial charge in [-0.25, -0.2) is 4.98 Å². The second kappa shape index (κ2) is 4.55. The molecule has 0 radical (unpaired) electrons. The lowest BCUT2D eigenvalue weighted by atomic mass is 9.73. The zero-order valence-corrected chi connectivity index (χ0v) is 11.1. The van der Waals surface area contributed by atoms with Crippen LogP contribution in [-0.4, -0.2) is 11.0 Å². The van der Waals surface area contributed by atoms with E-state index in [1.54, 1.807) is 6.20 Å². The van der Waals surface area contributed by atoms with Crippen LogP contribution in [0.3, 0.4) is 0 Å². The van der Waals surface area contributed by atoms with Gasteiger partial charge in [0.25, 0.3) is 0 Å². The maximum Gasteiger partial charge on any atom is 0.129 e. The molecule has 0 saturated heterocycles. The molecule has 1 saturated carbocycles. The highest BCUT2D eigenvalue weighted by atomic mass is 15.0. The largest absolute Gasteiger partial charge is 0.397 e. The molecule has 1 aromatic heterocycles. The fraction of sp³-hybridized carbons (Fsp3) is 0.643. The molecule has 0 amide bonds. The molecule has 0 spiro atoms. The van der Waals surface area contributed by atoms with Crippen molar-refractivity contribution in [2.45, 2.75) is 52.5 Å². The maximum atomic E-state index is 5.72. The lowest BCUT2D eigenvalue weighted by Gasteiger charge is -2.39. The van der Waals surface area contributed by atoms with Crippen molar-refractivity contribution in [3.05, 3.63) is 17.8 Å². The Bertz CT molecular complexity index is 398. The summed E-state index contributed by atoms with van der Waals surface area (Å²) in [6.45, 7) is 6.74. The molecule has 1 aliphatic rings. The van der Waals surface area contributed by atoms with Crippen LogP contribution in [-0.2, 0) is 0 Å². The summed E-state index contributed by atoms with van der Waals surface area (Å²) in [6, 6.07) is 2.50. The van der Waals surface area contributed by atoms with E-state index < -0.39 is 0 Å². The number of pyridine rings is 1. The standard InChI is InChI=1S/C14H23N3/c1-10-8-11(15)9-16-13(10)17-12-6-4-5-7-14(12,2)3/h8-9,12H,4-7,15H2,1-3H3,(H,16,17). The summed E-state index contributed by atoms with van der Waals surface area (Å²) in [6.07, 6.45) is 6.91. The average Bonchev–Trinajstić information content (AvgIpc) is 2.24. The second-order valence-electron chi connectivity index (χ2n) is 5.87. The van der Waals surface area contributed by atoms with Gasteiger partial charge < -0.3 is 11.1 Å². The molecule has 94 valence electrons. The molecular weight excluding hydrogens is 210 g/mol. The number of aromatic nitrogens is 1. The Hall–Kier alpha value is -1.25. The molecule has 2 rings (SSSR count). The molecule has 0 aromatic carbocycles. The van der Waals surface area contributed by atoms with Gasteiger partial charge in [-0.2, -0.15) is 0 Å². The van der Waals surface area contributed by atoms with Gasteiger partial charge in [0, 0.05) is 6.04 Å². The van der Waals surface area contributed by atoms with E-state index >= 15 is 0 Å². The number of rotatable bonds is 2. The first-order valence-electron chi connectivity index (χ1n) is 6.48. The topological polar surface area (TPSA) is 50.9 Å². The molecule has 17 heavy (non-hydrogen) atoms. The molecule has 1 aliphatic carbocycles. The highest BCUT2D eigenvalue weighted by Crippen LogP contribution is 2.37. The van der Waals surface area contributed by atoms with Crippen LogP contribution in [0.4, 0.5) is 11.5 Å². The summed E-state index contributed by atoms with van der Waals surface area (Å²) in [5, 5.41) is 3.60. The Morgan fingerprint density at radius 1 is 1.41 bits per heavy atom.